The molecule has 0 aromatic heterocycles. The maximum Gasteiger partial charge on any atom is 0.262 e. The first-order chi connectivity index (χ1) is 11.8. The van der Waals surface area contributed by atoms with Gasteiger partial charge in [0.15, 0.2) is 0 Å². The molecule has 25 heavy (non-hydrogen) atoms. The summed E-state index contributed by atoms with van der Waals surface area (Å²) in [5.41, 5.74) is 2.35. The Hall–Kier alpha value is -1.72. The fraction of sp³-hybridized carbons (Fsp3) is 0.368. The van der Waals surface area contributed by atoms with Crippen molar-refractivity contribution in [3.8, 4) is 0 Å². The minimum atomic E-state index is -3.66. The number of benzene rings is 2. The SMILES string of the molecule is Cc1ccc(Cl)cc1S(=O)(=O)Nc1ccc(N2CCC(C)CC2)cc1. The number of aryl methyl sites for hydroxylation is 1. The third-order valence-electron chi connectivity index (χ3n) is 4.71. The lowest BCUT2D eigenvalue weighted by atomic mass is 9.99. The average molecular weight is 379 g/mol. The quantitative estimate of drug-likeness (QED) is 0.839. The van der Waals surface area contributed by atoms with E-state index >= 15 is 0 Å². The molecular weight excluding hydrogens is 356 g/mol. The number of nitrogens with zero attached hydrogens (tertiary/aromatic N) is 1. The Morgan fingerprint density at radius 3 is 2.36 bits per heavy atom. The first-order valence-electron chi connectivity index (χ1n) is 8.49. The van der Waals surface area contributed by atoms with Gasteiger partial charge < -0.3 is 4.90 Å². The minimum absolute atomic E-state index is 0.203. The maximum absolute atomic E-state index is 12.6. The largest absolute Gasteiger partial charge is 0.372 e. The van der Waals surface area contributed by atoms with Crippen molar-refractivity contribution in [3.63, 3.8) is 0 Å². The van der Waals surface area contributed by atoms with Gasteiger partial charge >= 0.3 is 0 Å². The van der Waals surface area contributed by atoms with Gasteiger partial charge in [-0.1, -0.05) is 24.6 Å². The van der Waals surface area contributed by atoms with E-state index in [0.717, 1.165) is 24.7 Å². The molecule has 6 heteroatoms. The zero-order valence-corrected chi connectivity index (χ0v) is 16.1. The van der Waals surface area contributed by atoms with Crippen molar-refractivity contribution < 1.29 is 8.42 Å². The van der Waals surface area contributed by atoms with E-state index in [2.05, 4.69) is 16.5 Å². The monoisotopic (exact) mass is 378 g/mol. The summed E-state index contributed by atoms with van der Waals surface area (Å²) in [6, 6.07) is 12.4. The summed E-state index contributed by atoms with van der Waals surface area (Å²) in [6.07, 6.45) is 2.39. The first-order valence-corrected chi connectivity index (χ1v) is 10.4. The van der Waals surface area contributed by atoms with E-state index in [9.17, 15) is 8.42 Å². The van der Waals surface area contributed by atoms with Gasteiger partial charge in [-0.2, -0.15) is 0 Å². The van der Waals surface area contributed by atoms with Crippen molar-refractivity contribution in [2.24, 2.45) is 5.92 Å². The van der Waals surface area contributed by atoms with E-state index in [1.54, 1.807) is 19.1 Å². The van der Waals surface area contributed by atoms with Gasteiger partial charge in [0.2, 0.25) is 0 Å². The Morgan fingerprint density at radius 2 is 1.72 bits per heavy atom. The molecule has 0 unspecified atom stereocenters. The summed E-state index contributed by atoms with van der Waals surface area (Å²) < 4.78 is 27.9. The molecule has 1 aliphatic heterocycles. The van der Waals surface area contributed by atoms with Crippen molar-refractivity contribution in [1.82, 2.24) is 0 Å². The standard InChI is InChI=1S/C19H23ClN2O2S/c1-14-9-11-22(12-10-14)18-7-5-17(6-8-18)21-25(23,24)19-13-16(20)4-3-15(19)2/h3-8,13-14,21H,9-12H2,1-2H3. The number of hydrogen-bond donors (Lipinski definition) is 1. The number of anilines is 2. The molecule has 1 N–H and O–H groups in total. The Bertz CT molecular complexity index is 842. The van der Waals surface area contributed by atoms with Crippen LogP contribution >= 0.6 is 11.6 Å². The van der Waals surface area contributed by atoms with Gasteiger partial charge in [-0.3, -0.25) is 4.72 Å². The van der Waals surface area contributed by atoms with Crippen LogP contribution in [-0.2, 0) is 10.0 Å². The molecule has 0 bridgehead atoms. The summed E-state index contributed by atoms with van der Waals surface area (Å²) in [4.78, 5) is 2.55. The smallest absolute Gasteiger partial charge is 0.262 e. The van der Waals surface area contributed by atoms with Crippen LogP contribution in [0.4, 0.5) is 11.4 Å². The highest BCUT2D eigenvalue weighted by atomic mass is 35.5. The lowest BCUT2D eigenvalue weighted by molar-refractivity contribution is 0.438. The molecule has 0 aliphatic carbocycles. The van der Waals surface area contributed by atoms with Crippen LogP contribution in [0.5, 0.6) is 0 Å². The van der Waals surface area contributed by atoms with Crippen molar-refractivity contribution in [2.45, 2.75) is 31.6 Å². The van der Waals surface area contributed by atoms with Crippen LogP contribution in [0.1, 0.15) is 25.3 Å². The van der Waals surface area contributed by atoms with Gasteiger partial charge in [0.25, 0.3) is 10.0 Å². The molecular formula is C19H23ClN2O2S. The van der Waals surface area contributed by atoms with Crippen molar-refractivity contribution in [3.05, 3.63) is 53.1 Å². The summed E-state index contributed by atoms with van der Waals surface area (Å²) in [5.74, 6) is 0.781. The van der Waals surface area contributed by atoms with Crippen molar-refractivity contribution in [1.29, 1.82) is 0 Å². The maximum atomic E-state index is 12.6. The van der Waals surface area contributed by atoms with Gasteiger partial charge in [-0.05, 0) is 67.6 Å². The van der Waals surface area contributed by atoms with Gasteiger partial charge in [-0.15, -0.1) is 0 Å². The Balaban J connectivity index is 1.75. The van der Waals surface area contributed by atoms with E-state index in [4.69, 9.17) is 11.6 Å². The van der Waals surface area contributed by atoms with Crippen LogP contribution in [0.2, 0.25) is 5.02 Å². The molecule has 1 fully saturated rings. The summed E-state index contributed by atoms with van der Waals surface area (Å²) >= 11 is 5.95. The summed E-state index contributed by atoms with van der Waals surface area (Å²) in [7, 11) is -3.66. The highest BCUT2D eigenvalue weighted by Crippen LogP contribution is 2.26. The third kappa shape index (κ3) is 4.28. The second kappa shape index (κ2) is 7.26. The molecule has 3 rings (SSSR count). The predicted octanol–water partition coefficient (Wildman–Crippen LogP) is 4.69. The number of rotatable bonds is 4. The molecule has 2 aromatic carbocycles. The third-order valence-corrected chi connectivity index (χ3v) is 6.47. The molecule has 0 spiro atoms. The van der Waals surface area contributed by atoms with Crippen LogP contribution in [0, 0.1) is 12.8 Å². The van der Waals surface area contributed by atoms with E-state index in [1.165, 1.54) is 18.9 Å². The number of halogens is 1. The Morgan fingerprint density at radius 1 is 1.08 bits per heavy atom. The van der Waals surface area contributed by atoms with Gasteiger partial charge in [-0.25, -0.2) is 8.42 Å². The predicted molar refractivity (Wildman–Crippen MR) is 104 cm³/mol. The molecule has 1 heterocycles. The second-order valence-electron chi connectivity index (χ2n) is 6.73. The van der Waals surface area contributed by atoms with Gasteiger partial charge in [0.1, 0.15) is 0 Å². The number of sulfonamides is 1. The first kappa shape index (κ1) is 18.1. The van der Waals surface area contributed by atoms with Crippen LogP contribution in [0.15, 0.2) is 47.4 Å². The zero-order valence-electron chi connectivity index (χ0n) is 14.5. The Kier molecular flexibility index (Phi) is 5.25. The van der Waals surface area contributed by atoms with Crippen LogP contribution < -0.4 is 9.62 Å². The highest BCUT2D eigenvalue weighted by molar-refractivity contribution is 7.92. The number of piperidine rings is 1. The van der Waals surface area contributed by atoms with Crippen LogP contribution in [0.25, 0.3) is 0 Å². The zero-order chi connectivity index (χ0) is 18.0. The molecule has 0 amide bonds. The molecule has 2 aromatic rings. The molecule has 134 valence electrons. The van der Waals surface area contributed by atoms with E-state index in [0.29, 0.717) is 16.3 Å². The summed E-state index contributed by atoms with van der Waals surface area (Å²) in [6.45, 7) is 6.14. The van der Waals surface area contributed by atoms with Crippen molar-refractivity contribution in [2.75, 3.05) is 22.7 Å². The molecule has 4 nitrogen and oxygen atoms in total. The molecule has 0 atom stereocenters. The van der Waals surface area contributed by atoms with E-state index in [1.807, 2.05) is 24.3 Å². The minimum Gasteiger partial charge on any atom is -0.372 e. The lowest BCUT2D eigenvalue weighted by Crippen LogP contribution is -2.32. The number of hydrogen-bond acceptors (Lipinski definition) is 3. The molecule has 1 aliphatic rings. The lowest BCUT2D eigenvalue weighted by Gasteiger charge is -2.32. The average Bonchev–Trinajstić information content (AvgIpc) is 2.58. The van der Waals surface area contributed by atoms with E-state index in [-0.39, 0.29) is 4.90 Å². The Labute approximate surface area is 154 Å². The van der Waals surface area contributed by atoms with Crippen LogP contribution in [-0.4, -0.2) is 21.5 Å². The van der Waals surface area contributed by atoms with Gasteiger partial charge in [0, 0.05) is 29.5 Å². The fourth-order valence-corrected chi connectivity index (χ4v) is 4.65. The second-order valence-corrected chi connectivity index (χ2v) is 8.82. The fourth-order valence-electron chi connectivity index (χ4n) is 3.08. The number of nitrogens with one attached hydrogen (secondary N) is 1. The topological polar surface area (TPSA) is 49.4 Å². The highest BCUT2D eigenvalue weighted by Gasteiger charge is 2.19. The van der Waals surface area contributed by atoms with Crippen molar-refractivity contribution >= 4 is 33.0 Å². The van der Waals surface area contributed by atoms with Gasteiger partial charge in [0.05, 0.1) is 4.90 Å². The van der Waals surface area contributed by atoms with Crippen LogP contribution in [0.3, 0.4) is 0 Å². The van der Waals surface area contributed by atoms with E-state index < -0.39 is 10.0 Å². The molecule has 1 saturated heterocycles. The normalized spacial score (nSPS) is 16.0. The molecule has 0 radical (unpaired) electrons. The molecule has 0 saturated carbocycles. The summed E-state index contributed by atoms with van der Waals surface area (Å²) in [5, 5.41) is 0.403.